The maximum atomic E-state index is 12.5. The lowest BCUT2D eigenvalue weighted by atomic mass is 10.1. The van der Waals surface area contributed by atoms with Crippen molar-refractivity contribution in [2.45, 2.75) is 77.0 Å². The van der Waals surface area contributed by atoms with Gasteiger partial charge in [0, 0.05) is 46.5 Å². The van der Waals surface area contributed by atoms with Crippen molar-refractivity contribution in [3.8, 4) is 28.2 Å². The van der Waals surface area contributed by atoms with E-state index in [9.17, 15) is 19.2 Å². The molecule has 0 bridgehead atoms. The molecule has 0 radical (unpaired) electrons. The molecule has 458 valence electrons. The summed E-state index contributed by atoms with van der Waals surface area (Å²) in [5.41, 5.74) is 2.54. The maximum absolute atomic E-state index is 12.5. The van der Waals surface area contributed by atoms with Crippen LogP contribution in [-0.4, -0.2) is 144 Å². The number of para-hydroxylation sites is 2. The normalized spacial score (nSPS) is 15.9. The van der Waals surface area contributed by atoms with Crippen molar-refractivity contribution in [1.82, 2.24) is 20.6 Å². The second-order valence-corrected chi connectivity index (χ2v) is 21.0. The topological polar surface area (TPSA) is 317 Å². The number of thiazole rings is 2. The molecule has 85 heavy (non-hydrogen) atoms. The molecule has 7 heterocycles. The molecule has 9 N–H and O–H groups in total. The van der Waals surface area contributed by atoms with Crippen LogP contribution in [0.3, 0.4) is 0 Å². The molecule has 0 saturated carbocycles. The summed E-state index contributed by atoms with van der Waals surface area (Å²) < 4.78 is 43.0. The fourth-order valence-corrected chi connectivity index (χ4v) is 9.48. The number of amides is 4. The number of fused-ring (bicyclic) bond motifs is 4. The average molecular weight is 1240 g/mol. The Bertz CT molecular complexity index is 2990. The SMILES string of the molecule is C1=COCCC1.O=C(NCc1cnc(Cl)s1)c1ccc2c(c1)NC(=O)c1ccccc1O2.O=C(NCc1cnc(OCCO)s1)c1ccc2c(c1)NC(=O)c1ccccc1O2.OCCO.OCCOC1CCCCO1.OCCOC1CCCCO1. The molecular formula is C59H71ClN6O17S2. The van der Waals surface area contributed by atoms with Crippen LogP contribution in [0.5, 0.6) is 28.2 Å². The van der Waals surface area contributed by atoms with Crippen LogP contribution < -0.4 is 35.5 Å². The van der Waals surface area contributed by atoms with Crippen LogP contribution in [0.25, 0.3) is 0 Å². The van der Waals surface area contributed by atoms with Crippen LogP contribution in [0.4, 0.5) is 11.4 Å². The van der Waals surface area contributed by atoms with Gasteiger partial charge in [0.15, 0.2) is 28.5 Å². The second kappa shape index (κ2) is 38.0. The fourth-order valence-electron chi connectivity index (χ4n) is 7.84. The molecule has 0 aliphatic carbocycles. The van der Waals surface area contributed by atoms with Crippen molar-refractivity contribution in [3.63, 3.8) is 0 Å². The number of benzene rings is 4. The van der Waals surface area contributed by atoms with Gasteiger partial charge in [-0.25, -0.2) is 9.97 Å². The Balaban J connectivity index is 0.000000185. The number of aliphatic hydroxyl groups excluding tert-OH is 5. The van der Waals surface area contributed by atoms with E-state index >= 15 is 0 Å². The number of hydrogen-bond acceptors (Lipinski definition) is 21. The predicted molar refractivity (Wildman–Crippen MR) is 318 cm³/mol. The average Bonchev–Trinajstić information content (AvgIpc) is 4.08. The van der Waals surface area contributed by atoms with Gasteiger partial charge in [-0.2, -0.15) is 0 Å². The molecule has 26 heteroatoms. The summed E-state index contributed by atoms with van der Waals surface area (Å²) >= 11 is 8.38. The molecule has 5 aliphatic heterocycles. The Morgan fingerprint density at radius 2 is 1.11 bits per heavy atom. The van der Waals surface area contributed by atoms with E-state index in [1.807, 2.05) is 6.08 Å². The fraction of sp³-hybridized carbons (Fsp3) is 0.390. The third-order valence-electron chi connectivity index (χ3n) is 11.9. The smallest absolute Gasteiger partial charge is 0.273 e. The minimum absolute atomic E-state index is 0.0547. The van der Waals surface area contributed by atoms with Gasteiger partial charge < -0.3 is 84.7 Å². The number of aromatic nitrogens is 2. The van der Waals surface area contributed by atoms with E-state index in [0.29, 0.717) is 86.0 Å². The van der Waals surface area contributed by atoms with E-state index in [-0.39, 0.29) is 82.4 Å². The lowest BCUT2D eigenvalue weighted by Gasteiger charge is -2.22. The minimum Gasteiger partial charge on any atom is -0.502 e. The first kappa shape index (κ1) is 67.0. The molecule has 2 saturated heterocycles. The van der Waals surface area contributed by atoms with Crippen molar-refractivity contribution < 1.29 is 82.6 Å². The third-order valence-corrected chi connectivity index (χ3v) is 13.9. The van der Waals surface area contributed by atoms with Gasteiger partial charge in [0.2, 0.25) is 0 Å². The molecule has 4 aromatic carbocycles. The molecule has 5 aliphatic rings. The Morgan fingerprint density at radius 1 is 0.600 bits per heavy atom. The summed E-state index contributed by atoms with van der Waals surface area (Å²) in [6.07, 6.45) is 15.9. The van der Waals surface area contributed by atoms with Crippen LogP contribution in [-0.2, 0) is 36.8 Å². The van der Waals surface area contributed by atoms with Gasteiger partial charge in [0.25, 0.3) is 28.8 Å². The summed E-state index contributed by atoms with van der Waals surface area (Å²) in [5, 5.41) is 52.5. The minimum atomic E-state index is -0.296. The molecule has 23 nitrogen and oxygen atoms in total. The number of aliphatic hydroxyl groups is 5. The molecule has 2 unspecified atom stereocenters. The van der Waals surface area contributed by atoms with Crippen LogP contribution in [0.2, 0.25) is 4.47 Å². The van der Waals surface area contributed by atoms with Gasteiger partial charge in [0.1, 0.15) is 18.1 Å². The maximum Gasteiger partial charge on any atom is 0.273 e. The van der Waals surface area contributed by atoms with Gasteiger partial charge in [-0.15, -0.1) is 11.3 Å². The van der Waals surface area contributed by atoms with E-state index in [4.69, 9.17) is 75.0 Å². The number of ether oxygens (including phenoxy) is 8. The summed E-state index contributed by atoms with van der Waals surface area (Å²) in [6, 6.07) is 23.7. The Labute approximate surface area is 504 Å². The zero-order valence-electron chi connectivity index (χ0n) is 46.6. The van der Waals surface area contributed by atoms with Crippen molar-refractivity contribution in [1.29, 1.82) is 0 Å². The second-order valence-electron chi connectivity index (χ2n) is 18.2. The van der Waals surface area contributed by atoms with Crippen molar-refractivity contribution >= 4 is 69.3 Å². The number of nitrogens with zero attached hydrogens (tertiary/aromatic N) is 2. The van der Waals surface area contributed by atoms with Crippen LogP contribution >= 0.6 is 34.3 Å². The van der Waals surface area contributed by atoms with E-state index in [2.05, 4.69) is 31.2 Å². The summed E-state index contributed by atoms with van der Waals surface area (Å²) in [7, 11) is 0. The van der Waals surface area contributed by atoms with Gasteiger partial charge in [0.05, 0.1) is 94.7 Å². The standard InChI is InChI=1S/C20H17N3O5S.C18H12ClN3O3S.2C7H14O3.C5H8O.C2H6O2/c24-7-8-27-20-22-11-13(29-20)10-21-18(25)12-5-6-17-15(9-12)23-19(26)14-3-1-2-4-16(14)28-17;19-18-21-9-11(26-18)8-20-16(23)10-5-6-15-13(7-10)22-17(24)12-3-1-2-4-14(12)25-15;2*8-4-6-10-7-3-1-2-5-9-7;1-2-4-6-5-3-1;3-1-2-4/h1-6,9,11,24H,7-8,10H2,(H,21,25)(H,23,26);1-7,9H,8H2,(H,20,23)(H,22,24);2*7-8H,1-6H2;2,4H,1,3,5H2;3-4H,1-2H2. The predicted octanol–water partition coefficient (Wildman–Crippen LogP) is 8.21. The van der Waals surface area contributed by atoms with E-state index in [0.717, 1.165) is 55.3 Å². The number of anilines is 2. The van der Waals surface area contributed by atoms with E-state index in [1.54, 1.807) is 104 Å². The zero-order chi connectivity index (χ0) is 60.4. The largest absolute Gasteiger partial charge is 0.502 e. The van der Waals surface area contributed by atoms with E-state index < -0.39 is 0 Å². The highest BCUT2D eigenvalue weighted by Crippen LogP contribution is 2.38. The molecule has 2 fully saturated rings. The number of halogens is 1. The quantitative estimate of drug-likeness (QED) is 0.0441. The van der Waals surface area contributed by atoms with Gasteiger partial charge in [-0.05, 0) is 118 Å². The van der Waals surface area contributed by atoms with Crippen LogP contribution in [0.1, 0.15) is 103 Å². The molecule has 4 amide bonds. The molecule has 0 spiro atoms. The lowest BCUT2D eigenvalue weighted by molar-refractivity contribution is -0.166. The first-order valence-corrected chi connectivity index (χ1v) is 29.5. The van der Waals surface area contributed by atoms with Crippen LogP contribution in [0, 0.1) is 0 Å². The number of carbonyl (C=O) groups is 4. The van der Waals surface area contributed by atoms with Gasteiger partial charge in [-0.1, -0.05) is 47.2 Å². The van der Waals surface area contributed by atoms with Gasteiger partial charge in [-0.3, -0.25) is 19.2 Å². The van der Waals surface area contributed by atoms with E-state index in [1.165, 1.54) is 48.4 Å². The molecule has 2 atom stereocenters. The number of allylic oxidation sites excluding steroid dienone is 1. The third kappa shape index (κ3) is 23.4. The highest BCUT2D eigenvalue weighted by Gasteiger charge is 2.24. The Morgan fingerprint density at radius 3 is 1.52 bits per heavy atom. The number of nitrogens with one attached hydrogen (secondary N) is 4. The first-order chi connectivity index (χ1) is 41.5. The zero-order valence-corrected chi connectivity index (χ0v) is 49.0. The first-order valence-electron chi connectivity index (χ1n) is 27.5. The Hall–Kier alpha value is -7.11. The highest BCUT2D eigenvalue weighted by atomic mass is 35.5. The molecule has 6 aromatic rings. The summed E-state index contributed by atoms with van der Waals surface area (Å²) in [5.74, 6) is 0.743. The number of carbonyl (C=O) groups excluding carboxylic acids is 4. The molecular weight excluding hydrogens is 1160 g/mol. The lowest BCUT2D eigenvalue weighted by Crippen LogP contribution is -2.23. The van der Waals surface area contributed by atoms with Crippen molar-refractivity contribution in [2.24, 2.45) is 0 Å². The van der Waals surface area contributed by atoms with Crippen LogP contribution in [0.15, 0.2) is 110 Å². The van der Waals surface area contributed by atoms with Crippen molar-refractivity contribution in [2.75, 3.05) is 83.3 Å². The molecule has 11 rings (SSSR count). The van der Waals surface area contributed by atoms with Crippen molar-refractivity contribution in [3.05, 3.63) is 146 Å². The number of rotatable bonds is 16. The Kier molecular flexibility index (Phi) is 30.0. The van der Waals surface area contributed by atoms with Gasteiger partial charge >= 0.3 is 0 Å². The summed E-state index contributed by atoms with van der Waals surface area (Å²) in [6.45, 7) is 3.91. The number of hydrogen-bond donors (Lipinski definition) is 9. The monoisotopic (exact) mass is 1230 g/mol. The highest BCUT2D eigenvalue weighted by molar-refractivity contribution is 7.15. The molecule has 2 aromatic heterocycles. The summed E-state index contributed by atoms with van der Waals surface area (Å²) in [4.78, 5) is 59.3.